The minimum atomic E-state index is -0.362. The number of hydrogen-bond acceptors (Lipinski definition) is 3. The number of urea groups is 1. The zero-order chi connectivity index (χ0) is 15.8. The topological polar surface area (TPSA) is 65.2 Å². The molecule has 0 aromatic heterocycles. The SMILES string of the molecule is CCc1ccc(NNC(=O)NNc2ccc(CC)cc2)cc1. The molecule has 22 heavy (non-hydrogen) atoms. The maximum absolute atomic E-state index is 11.7. The number of hydrazine groups is 2. The molecule has 0 saturated carbocycles. The first-order chi connectivity index (χ1) is 10.7. The third kappa shape index (κ3) is 4.70. The number of benzene rings is 2. The molecule has 0 radical (unpaired) electrons. The molecule has 2 aromatic carbocycles. The third-order valence-corrected chi connectivity index (χ3v) is 3.37. The monoisotopic (exact) mass is 298 g/mol. The van der Waals surface area contributed by atoms with Crippen LogP contribution < -0.4 is 21.7 Å². The van der Waals surface area contributed by atoms with Gasteiger partial charge in [-0.25, -0.2) is 4.79 Å². The number of aryl methyl sites for hydroxylation is 2. The number of hydrogen-bond donors (Lipinski definition) is 4. The predicted molar refractivity (Wildman–Crippen MR) is 90.6 cm³/mol. The van der Waals surface area contributed by atoms with Gasteiger partial charge in [0.25, 0.3) is 0 Å². The minimum absolute atomic E-state index is 0.362. The average Bonchev–Trinajstić information content (AvgIpc) is 2.59. The molecule has 2 amide bonds. The summed E-state index contributed by atoms with van der Waals surface area (Å²) in [5.74, 6) is 0. The van der Waals surface area contributed by atoms with Crippen LogP contribution in [0.2, 0.25) is 0 Å². The molecule has 0 aliphatic carbocycles. The van der Waals surface area contributed by atoms with Gasteiger partial charge in [0.1, 0.15) is 0 Å². The van der Waals surface area contributed by atoms with Gasteiger partial charge in [0.05, 0.1) is 11.4 Å². The molecule has 0 fully saturated rings. The van der Waals surface area contributed by atoms with E-state index in [1.165, 1.54) is 11.1 Å². The quantitative estimate of drug-likeness (QED) is 0.617. The Bertz CT molecular complexity index is 540. The van der Waals surface area contributed by atoms with Gasteiger partial charge in [0.2, 0.25) is 0 Å². The van der Waals surface area contributed by atoms with Crippen LogP contribution in [0, 0.1) is 0 Å². The number of carbonyl (C=O) groups is 1. The van der Waals surface area contributed by atoms with Crippen LogP contribution in [0.5, 0.6) is 0 Å². The lowest BCUT2D eigenvalue weighted by atomic mass is 10.2. The van der Waals surface area contributed by atoms with Crippen LogP contribution in [0.4, 0.5) is 16.2 Å². The van der Waals surface area contributed by atoms with Gasteiger partial charge in [0, 0.05) is 0 Å². The third-order valence-electron chi connectivity index (χ3n) is 3.37. The van der Waals surface area contributed by atoms with E-state index in [0.717, 1.165) is 24.2 Å². The van der Waals surface area contributed by atoms with E-state index >= 15 is 0 Å². The van der Waals surface area contributed by atoms with Gasteiger partial charge < -0.3 is 0 Å². The second-order valence-corrected chi connectivity index (χ2v) is 4.93. The smallest absolute Gasteiger partial charge is 0.297 e. The number of rotatable bonds is 6. The van der Waals surface area contributed by atoms with Crippen molar-refractivity contribution in [1.82, 2.24) is 10.9 Å². The van der Waals surface area contributed by atoms with Gasteiger partial charge in [-0.2, -0.15) is 0 Å². The van der Waals surface area contributed by atoms with Gasteiger partial charge in [-0.15, -0.1) is 0 Å². The van der Waals surface area contributed by atoms with Crippen molar-refractivity contribution < 1.29 is 4.79 Å². The van der Waals surface area contributed by atoms with E-state index in [0.29, 0.717) is 0 Å². The van der Waals surface area contributed by atoms with Crippen molar-refractivity contribution in [3.05, 3.63) is 59.7 Å². The summed E-state index contributed by atoms with van der Waals surface area (Å²) in [7, 11) is 0. The van der Waals surface area contributed by atoms with Gasteiger partial charge in [0.15, 0.2) is 0 Å². The molecule has 0 heterocycles. The molecule has 2 rings (SSSR count). The highest BCUT2D eigenvalue weighted by Crippen LogP contribution is 2.09. The number of nitrogens with one attached hydrogen (secondary N) is 4. The lowest BCUT2D eigenvalue weighted by Gasteiger charge is -2.12. The van der Waals surface area contributed by atoms with Crippen LogP contribution in [0.15, 0.2) is 48.5 Å². The molecule has 0 aliphatic rings. The highest BCUT2D eigenvalue weighted by Gasteiger charge is 1.99. The summed E-state index contributed by atoms with van der Waals surface area (Å²) in [6, 6.07) is 15.4. The van der Waals surface area contributed by atoms with Crippen molar-refractivity contribution in [2.45, 2.75) is 26.7 Å². The Kier molecular flexibility index (Phi) is 5.65. The van der Waals surface area contributed by atoms with Crippen LogP contribution in [-0.4, -0.2) is 6.03 Å². The summed E-state index contributed by atoms with van der Waals surface area (Å²) >= 11 is 0. The Morgan fingerprint density at radius 2 is 1.09 bits per heavy atom. The molecule has 116 valence electrons. The molecule has 0 atom stereocenters. The van der Waals surface area contributed by atoms with Gasteiger partial charge >= 0.3 is 6.03 Å². The maximum atomic E-state index is 11.7. The first-order valence-electron chi connectivity index (χ1n) is 7.47. The molecule has 0 unspecified atom stereocenters. The summed E-state index contributed by atoms with van der Waals surface area (Å²) in [4.78, 5) is 11.7. The highest BCUT2D eigenvalue weighted by molar-refractivity contribution is 5.76. The standard InChI is InChI=1S/C17H22N4O/c1-3-13-5-9-15(10-6-13)18-20-17(22)21-19-16-11-7-14(4-2)8-12-16/h5-12,18-19H,3-4H2,1-2H3,(H2,20,21,22). The van der Waals surface area contributed by atoms with Crippen molar-refractivity contribution in [1.29, 1.82) is 0 Å². The Hall–Kier alpha value is -2.69. The van der Waals surface area contributed by atoms with E-state index in [2.05, 4.69) is 35.6 Å². The van der Waals surface area contributed by atoms with Crippen LogP contribution in [0.3, 0.4) is 0 Å². The molecule has 0 saturated heterocycles. The minimum Gasteiger partial charge on any atom is -0.297 e. The van der Waals surface area contributed by atoms with Crippen LogP contribution in [0.25, 0.3) is 0 Å². The average molecular weight is 298 g/mol. The van der Waals surface area contributed by atoms with Crippen molar-refractivity contribution in [2.75, 3.05) is 10.9 Å². The van der Waals surface area contributed by atoms with Crippen LogP contribution in [0.1, 0.15) is 25.0 Å². The zero-order valence-corrected chi connectivity index (χ0v) is 12.9. The van der Waals surface area contributed by atoms with Gasteiger partial charge in [-0.1, -0.05) is 38.1 Å². The molecular weight excluding hydrogens is 276 g/mol. The Morgan fingerprint density at radius 1 is 0.727 bits per heavy atom. The normalized spacial score (nSPS) is 9.91. The van der Waals surface area contributed by atoms with Crippen LogP contribution >= 0.6 is 0 Å². The van der Waals surface area contributed by atoms with Gasteiger partial charge in [-0.3, -0.25) is 21.7 Å². The van der Waals surface area contributed by atoms with E-state index in [-0.39, 0.29) is 6.03 Å². The summed E-state index contributed by atoms with van der Waals surface area (Å²) in [5.41, 5.74) is 15.0. The number of carbonyl (C=O) groups excluding carboxylic acids is 1. The largest absolute Gasteiger partial charge is 0.352 e. The van der Waals surface area contributed by atoms with Gasteiger partial charge in [-0.05, 0) is 48.2 Å². The molecule has 4 N–H and O–H groups in total. The van der Waals surface area contributed by atoms with E-state index in [1.807, 2.05) is 48.5 Å². The Labute approximate surface area is 131 Å². The summed E-state index contributed by atoms with van der Waals surface area (Å²) in [5, 5.41) is 0. The lowest BCUT2D eigenvalue weighted by Crippen LogP contribution is -2.41. The van der Waals surface area contributed by atoms with Crippen molar-refractivity contribution in [3.8, 4) is 0 Å². The van der Waals surface area contributed by atoms with Crippen molar-refractivity contribution in [2.24, 2.45) is 0 Å². The van der Waals surface area contributed by atoms with E-state index in [1.54, 1.807) is 0 Å². The second kappa shape index (κ2) is 7.93. The zero-order valence-electron chi connectivity index (χ0n) is 12.9. The fraction of sp³-hybridized carbons (Fsp3) is 0.235. The molecule has 0 spiro atoms. The fourth-order valence-electron chi connectivity index (χ4n) is 1.94. The fourth-order valence-corrected chi connectivity index (χ4v) is 1.94. The van der Waals surface area contributed by atoms with E-state index < -0.39 is 0 Å². The number of anilines is 2. The molecule has 5 nitrogen and oxygen atoms in total. The molecule has 2 aromatic rings. The van der Waals surface area contributed by atoms with Crippen LogP contribution in [-0.2, 0) is 12.8 Å². The number of amides is 2. The molecule has 0 bridgehead atoms. The lowest BCUT2D eigenvalue weighted by molar-refractivity contribution is 0.244. The first kappa shape index (κ1) is 15.7. The van der Waals surface area contributed by atoms with E-state index in [4.69, 9.17) is 0 Å². The maximum Gasteiger partial charge on any atom is 0.352 e. The summed E-state index contributed by atoms with van der Waals surface area (Å²) in [6.45, 7) is 4.21. The first-order valence-corrected chi connectivity index (χ1v) is 7.47. The Morgan fingerprint density at radius 3 is 1.41 bits per heavy atom. The highest BCUT2D eigenvalue weighted by atomic mass is 16.2. The van der Waals surface area contributed by atoms with E-state index in [9.17, 15) is 4.79 Å². The molecule has 0 aliphatic heterocycles. The van der Waals surface area contributed by atoms with Crippen molar-refractivity contribution in [3.63, 3.8) is 0 Å². The Balaban J connectivity index is 1.74. The van der Waals surface area contributed by atoms with Crippen molar-refractivity contribution >= 4 is 17.4 Å². The summed E-state index contributed by atoms with van der Waals surface area (Å²) < 4.78 is 0. The molecular formula is C17H22N4O. The predicted octanol–water partition coefficient (Wildman–Crippen LogP) is 3.46. The molecule has 5 heteroatoms. The summed E-state index contributed by atoms with van der Waals surface area (Å²) in [6.07, 6.45) is 1.99. The second-order valence-electron chi connectivity index (χ2n) is 4.93.